The van der Waals surface area contributed by atoms with Crippen molar-refractivity contribution in [1.29, 1.82) is 0 Å². The number of hydrogen-bond donors (Lipinski definition) is 2. The number of para-hydroxylation sites is 2. The number of benzene rings is 1. The van der Waals surface area contributed by atoms with Gasteiger partial charge in [-0.3, -0.25) is 0 Å². The monoisotopic (exact) mass is 251 g/mol. The normalized spacial score (nSPS) is 19.9. The van der Waals surface area contributed by atoms with Crippen molar-refractivity contribution in [3.63, 3.8) is 0 Å². The SMILES string of the molecule is CC(C)N[C@H](CCO)[C@@H]1COc2ccccc2O1. The highest BCUT2D eigenvalue weighted by Gasteiger charge is 2.28. The van der Waals surface area contributed by atoms with E-state index in [1.165, 1.54) is 0 Å². The molecule has 0 aliphatic carbocycles. The molecule has 2 N–H and O–H groups in total. The van der Waals surface area contributed by atoms with Gasteiger partial charge in [0, 0.05) is 18.7 Å². The van der Waals surface area contributed by atoms with Crippen molar-refractivity contribution in [3.05, 3.63) is 24.3 Å². The van der Waals surface area contributed by atoms with Crippen LogP contribution in [0.1, 0.15) is 20.3 Å². The van der Waals surface area contributed by atoms with E-state index in [1.807, 2.05) is 24.3 Å². The fourth-order valence-corrected chi connectivity index (χ4v) is 2.18. The van der Waals surface area contributed by atoms with Crippen LogP contribution in [0.5, 0.6) is 11.5 Å². The molecule has 0 spiro atoms. The molecule has 1 aliphatic heterocycles. The van der Waals surface area contributed by atoms with Gasteiger partial charge in [-0.15, -0.1) is 0 Å². The van der Waals surface area contributed by atoms with E-state index in [1.54, 1.807) is 0 Å². The van der Waals surface area contributed by atoms with Gasteiger partial charge in [0.05, 0.1) is 0 Å². The molecule has 0 unspecified atom stereocenters. The highest BCUT2D eigenvalue weighted by atomic mass is 16.6. The van der Waals surface area contributed by atoms with E-state index < -0.39 is 0 Å². The van der Waals surface area contributed by atoms with Crippen molar-refractivity contribution in [2.75, 3.05) is 13.2 Å². The number of ether oxygens (including phenoxy) is 2. The molecule has 0 saturated carbocycles. The van der Waals surface area contributed by atoms with Crippen LogP contribution in [0.15, 0.2) is 24.3 Å². The van der Waals surface area contributed by atoms with Gasteiger partial charge in [0.25, 0.3) is 0 Å². The summed E-state index contributed by atoms with van der Waals surface area (Å²) in [6.07, 6.45) is 0.600. The molecule has 100 valence electrons. The van der Waals surface area contributed by atoms with Crippen LogP contribution >= 0.6 is 0 Å². The smallest absolute Gasteiger partial charge is 0.161 e. The van der Waals surface area contributed by atoms with Crippen LogP contribution in [0.3, 0.4) is 0 Å². The van der Waals surface area contributed by atoms with Gasteiger partial charge >= 0.3 is 0 Å². The number of aliphatic hydroxyl groups excluding tert-OH is 1. The number of hydrogen-bond acceptors (Lipinski definition) is 4. The highest BCUT2D eigenvalue weighted by Crippen LogP contribution is 2.31. The van der Waals surface area contributed by atoms with Crippen molar-refractivity contribution >= 4 is 0 Å². The Morgan fingerprint density at radius 2 is 2.06 bits per heavy atom. The summed E-state index contributed by atoms with van der Waals surface area (Å²) in [6, 6.07) is 8.13. The second kappa shape index (κ2) is 6.07. The molecular weight excluding hydrogens is 230 g/mol. The molecule has 0 saturated heterocycles. The van der Waals surface area contributed by atoms with E-state index in [0.29, 0.717) is 19.1 Å². The third-order valence-electron chi connectivity index (χ3n) is 2.97. The molecular formula is C14H21NO3. The lowest BCUT2D eigenvalue weighted by atomic mass is 10.1. The fourth-order valence-electron chi connectivity index (χ4n) is 2.18. The van der Waals surface area contributed by atoms with Gasteiger partial charge in [0.15, 0.2) is 11.5 Å². The van der Waals surface area contributed by atoms with Gasteiger partial charge in [-0.1, -0.05) is 26.0 Å². The Labute approximate surface area is 108 Å². The summed E-state index contributed by atoms with van der Waals surface area (Å²) in [6.45, 7) is 4.83. The summed E-state index contributed by atoms with van der Waals surface area (Å²) in [5, 5.41) is 12.6. The molecule has 1 aromatic rings. The summed E-state index contributed by atoms with van der Waals surface area (Å²) in [4.78, 5) is 0. The average molecular weight is 251 g/mol. The van der Waals surface area contributed by atoms with Gasteiger partial charge in [0.2, 0.25) is 0 Å². The van der Waals surface area contributed by atoms with Crippen molar-refractivity contribution < 1.29 is 14.6 Å². The molecule has 0 fully saturated rings. The van der Waals surface area contributed by atoms with Crippen LogP contribution in [0.25, 0.3) is 0 Å². The average Bonchev–Trinajstić information content (AvgIpc) is 2.37. The molecule has 0 radical (unpaired) electrons. The van der Waals surface area contributed by atoms with E-state index in [0.717, 1.165) is 11.5 Å². The molecule has 2 atom stereocenters. The predicted octanol–water partition coefficient (Wildman–Crippen LogP) is 1.58. The summed E-state index contributed by atoms with van der Waals surface area (Å²) in [7, 11) is 0. The van der Waals surface area contributed by atoms with Crippen LogP contribution < -0.4 is 14.8 Å². The summed E-state index contributed by atoms with van der Waals surface area (Å²) < 4.78 is 11.6. The van der Waals surface area contributed by atoms with E-state index in [2.05, 4.69) is 19.2 Å². The van der Waals surface area contributed by atoms with E-state index in [4.69, 9.17) is 14.6 Å². The fraction of sp³-hybridized carbons (Fsp3) is 0.571. The molecule has 0 amide bonds. The van der Waals surface area contributed by atoms with Crippen LogP contribution in [-0.4, -0.2) is 36.5 Å². The first kappa shape index (κ1) is 13.2. The Kier molecular flexibility index (Phi) is 4.44. The van der Waals surface area contributed by atoms with Crippen molar-refractivity contribution in [2.45, 2.75) is 38.5 Å². The Morgan fingerprint density at radius 3 is 2.72 bits per heavy atom. The van der Waals surface area contributed by atoms with Crippen LogP contribution in [0.4, 0.5) is 0 Å². The first-order valence-corrected chi connectivity index (χ1v) is 6.46. The lowest BCUT2D eigenvalue weighted by Crippen LogP contribution is -2.50. The number of aliphatic hydroxyl groups is 1. The third kappa shape index (κ3) is 3.15. The van der Waals surface area contributed by atoms with E-state index in [-0.39, 0.29) is 18.8 Å². The summed E-state index contributed by atoms with van der Waals surface area (Å²) in [5.74, 6) is 1.57. The molecule has 0 bridgehead atoms. The Bertz CT molecular complexity index is 381. The maximum absolute atomic E-state index is 9.14. The number of fused-ring (bicyclic) bond motifs is 1. The molecule has 2 rings (SSSR count). The van der Waals surface area contributed by atoms with Crippen molar-refractivity contribution in [1.82, 2.24) is 5.32 Å². The zero-order chi connectivity index (χ0) is 13.0. The summed E-state index contributed by atoms with van der Waals surface area (Å²) in [5.41, 5.74) is 0. The molecule has 4 nitrogen and oxygen atoms in total. The Balaban J connectivity index is 2.05. The zero-order valence-corrected chi connectivity index (χ0v) is 10.9. The minimum Gasteiger partial charge on any atom is -0.486 e. The first-order chi connectivity index (χ1) is 8.70. The van der Waals surface area contributed by atoms with Gasteiger partial charge in [-0.25, -0.2) is 0 Å². The maximum Gasteiger partial charge on any atom is 0.161 e. The zero-order valence-electron chi connectivity index (χ0n) is 10.9. The lowest BCUT2D eigenvalue weighted by molar-refractivity contribution is 0.0514. The molecule has 1 heterocycles. The van der Waals surface area contributed by atoms with Crippen LogP contribution in [0, 0.1) is 0 Å². The molecule has 1 aliphatic rings. The van der Waals surface area contributed by atoms with Crippen molar-refractivity contribution in [3.8, 4) is 11.5 Å². The van der Waals surface area contributed by atoms with Gasteiger partial charge in [0.1, 0.15) is 12.7 Å². The topological polar surface area (TPSA) is 50.7 Å². The Morgan fingerprint density at radius 1 is 1.33 bits per heavy atom. The maximum atomic E-state index is 9.14. The highest BCUT2D eigenvalue weighted by molar-refractivity contribution is 5.40. The van der Waals surface area contributed by atoms with Crippen molar-refractivity contribution in [2.24, 2.45) is 0 Å². The van der Waals surface area contributed by atoms with Gasteiger partial charge in [-0.05, 0) is 18.6 Å². The minimum atomic E-state index is -0.0607. The number of rotatable bonds is 5. The summed E-state index contributed by atoms with van der Waals surface area (Å²) >= 11 is 0. The second-order valence-corrected chi connectivity index (χ2v) is 4.85. The largest absolute Gasteiger partial charge is 0.486 e. The molecule has 1 aromatic carbocycles. The second-order valence-electron chi connectivity index (χ2n) is 4.85. The minimum absolute atomic E-state index is 0.0607. The van der Waals surface area contributed by atoms with Gasteiger partial charge < -0.3 is 19.9 Å². The molecule has 18 heavy (non-hydrogen) atoms. The standard InChI is InChI=1S/C14H21NO3/c1-10(2)15-11(7-8-16)14-9-17-12-5-3-4-6-13(12)18-14/h3-6,10-11,14-16H,7-9H2,1-2H3/t11-,14+/m1/s1. The molecule has 4 heteroatoms. The predicted molar refractivity (Wildman–Crippen MR) is 70.1 cm³/mol. The van der Waals surface area contributed by atoms with Gasteiger partial charge in [-0.2, -0.15) is 0 Å². The van der Waals surface area contributed by atoms with Crippen LogP contribution in [0.2, 0.25) is 0 Å². The third-order valence-corrected chi connectivity index (χ3v) is 2.97. The van der Waals surface area contributed by atoms with Crippen LogP contribution in [-0.2, 0) is 0 Å². The number of nitrogens with one attached hydrogen (secondary N) is 1. The quantitative estimate of drug-likeness (QED) is 0.834. The first-order valence-electron chi connectivity index (χ1n) is 6.46. The van der Waals surface area contributed by atoms with E-state index >= 15 is 0 Å². The lowest BCUT2D eigenvalue weighted by Gasteiger charge is -2.33. The van der Waals surface area contributed by atoms with E-state index in [9.17, 15) is 0 Å². The molecule has 0 aromatic heterocycles. The Hall–Kier alpha value is -1.26.